The van der Waals surface area contributed by atoms with Crippen LogP contribution < -0.4 is 11.3 Å². The van der Waals surface area contributed by atoms with Crippen molar-refractivity contribution in [2.24, 2.45) is 5.84 Å². The topological polar surface area (TPSA) is 63.8 Å². The molecule has 1 heterocycles. The number of hydrogen-bond acceptors (Lipinski definition) is 4. The fraction of sp³-hybridized carbons (Fsp3) is 0.125. The minimum absolute atomic E-state index is 0.00475. The van der Waals surface area contributed by atoms with Crippen LogP contribution in [0.25, 0.3) is 11.0 Å². The maximum Gasteiger partial charge on any atom is 0.0890 e. The van der Waals surface area contributed by atoms with Crippen LogP contribution in [0.1, 0.15) is 17.2 Å². The Morgan fingerprint density at radius 3 is 2.62 bits per heavy atom. The Balaban J connectivity index is 1.90. The Hall–Kier alpha value is -2.01. The molecule has 21 heavy (non-hydrogen) atoms. The molecule has 0 radical (unpaired) electrons. The molecule has 0 saturated carbocycles. The van der Waals surface area contributed by atoms with E-state index in [1.165, 1.54) is 0 Å². The smallest absolute Gasteiger partial charge is 0.0890 e. The second kappa shape index (κ2) is 6.18. The summed E-state index contributed by atoms with van der Waals surface area (Å²) in [5.41, 5.74) is 6.80. The summed E-state index contributed by atoms with van der Waals surface area (Å²) >= 11 is 6.03. The van der Waals surface area contributed by atoms with Gasteiger partial charge >= 0.3 is 0 Å². The van der Waals surface area contributed by atoms with Gasteiger partial charge in [-0.25, -0.2) is 0 Å². The van der Waals surface area contributed by atoms with E-state index in [0.717, 1.165) is 33.6 Å². The zero-order valence-corrected chi connectivity index (χ0v) is 12.1. The van der Waals surface area contributed by atoms with Gasteiger partial charge in [0.2, 0.25) is 0 Å². The molecular formula is C16H15ClN4. The van der Waals surface area contributed by atoms with E-state index in [2.05, 4.69) is 15.4 Å². The fourth-order valence-corrected chi connectivity index (χ4v) is 2.58. The van der Waals surface area contributed by atoms with Gasteiger partial charge in [-0.1, -0.05) is 29.8 Å². The zero-order chi connectivity index (χ0) is 14.7. The third-order valence-corrected chi connectivity index (χ3v) is 3.66. The van der Waals surface area contributed by atoms with Crippen LogP contribution in [-0.2, 0) is 6.42 Å². The molecule has 106 valence electrons. The molecule has 3 aromatic rings. The van der Waals surface area contributed by atoms with E-state index < -0.39 is 0 Å². The van der Waals surface area contributed by atoms with E-state index in [9.17, 15) is 0 Å². The van der Waals surface area contributed by atoms with E-state index in [1.54, 1.807) is 12.4 Å². The lowest BCUT2D eigenvalue weighted by atomic mass is 9.99. The number of fused-ring (bicyclic) bond motifs is 1. The highest BCUT2D eigenvalue weighted by Crippen LogP contribution is 2.22. The fourth-order valence-electron chi connectivity index (χ4n) is 2.37. The summed E-state index contributed by atoms with van der Waals surface area (Å²) in [4.78, 5) is 8.60. The lowest BCUT2D eigenvalue weighted by Gasteiger charge is -2.17. The van der Waals surface area contributed by atoms with Crippen molar-refractivity contribution in [3.8, 4) is 0 Å². The number of rotatable bonds is 4. The molecule has 0 fully saturated rings. The Bertz CT molecular complexity index is 760. The molecule has 3 N–H and O–H groups in total. The van der Waals surface area contributed by atoms with Crippen LogP contribution in [0, 0.1) is 0 Å². The number of hydrazine groups is 1. The molecule has 0 aliphatic rings. The number of benzene rings is 2. The Kier molecular flexibility index (Phi) is 4.10. The SMILES string of the molecule is NNC(Cc1cccc(Cl)c1)c1ccc2nccnc2c1. The molecule has 5 heteroatoms. The molecule has 1 atom stereocenters. The first-order valence-corrected chi connectivity index (χ1v) is 7.05. The maximum absolute atomic E-state index is 6.03. The Morgan fingerprint density at radius 2 is 1.86 bits per heavy atom. The average Bonchev–Trinajstić information content (AvgIpc) is 2.52. The number of nitrogens with one attached hydrogen (secondary N) is 1. The minimum Gasteiger partial charge on any atom is -0.271 e. The second-order valence-electron chi connectivity index (χ2n) is 4.86. The van der Waals surface area contributed by atoms with E-state index in [4.69, 9.17) is 17.4 Å². The van der Waals surface area contributed by atoms with Gasteiger partial charge in [0, 0.05) is 17.4 Å². The molecule has 2 aromatic carbocycles. The first-order chi connectivity index (χ1) is 10.3. The summed E-state index contributed by atoms with van der Waals surface area (Å²) in [5, 5.41) is 0.729. The van der Waals surface area contributed by atoms with E-state index >= 15 is 0 Å². The number of nitrogens with zero attached hydrogens (tertiary/aromatic N) is 2. The predicted molar refractivity (Wildman–Crippen MR) is 84.8 cm³/mol. The molecule has 0 amide bonds. The number of aromatic nitrogens is 2. The summed E-state index contributed by atoms with van der Waals surface area (Å²) in [6.45, 7) is 0. The molecule has 1 unspecified atom stereocenters. The van der Waals surface area contributed by atoms with Crippen molar-refractivity contribution in [2.75, 3.05) is 0 Å². The van der Waals surface area contributed by atoms with Crippen LogP contribution in [-0.4, -0.2) is 9.97 Å². The van der Waals surface area contributed by atoms with E-state index in [-0.39, 0.29) is 6.04 Å². The first-order valence-electron chi connectivity index (χ1n) is 6.67. The quantitative estimate of drug-likeness (QED) is 0.574. The van der Waals surface area contributed by atoms with Crippen molar-refractivity contribution in [3.05, 3.63) is 71.0 Å². The number of nitrogens with two attached hydrogens (primary N) is 1. The predicted octanol–water partition coefficient (Wildman–Crippen LogP) is 3.03. The van der Waals surface area contributed by atoms with E-state index in [1.807, 2.05) is 42.5 Å². The average molecular weight is 299 g/mol. The van der Waals surface area contributed by atoms with Crippen molar-refractivity contribution in [1.82, 2.24) is 15.4 Å². The molecular weight excluding hydrogens is 284 g/mol. The van der Waals surface area contributed by atoms with Gasteiger partial charge in [-0.2, -0.15) is 0 Å². The summed E-state index contributed by atoms with van der Waals surface area (Å²) in [6.07, 6.45) is 4.13. The molecule has 1 aromatic heterocycles. The van der Waals surface area contributed by atoms with Gasteiger partial charge < -0.3 is 0 Å². The highest BCUT2D eigenvalue weighted by atomic mass is 35.5. The van der Waals surface area contributed by atoms with Crippen LogP contribution in [0.5, 0.6) is 0 Å². The normalized spacial score (nSPS) is 12.5. The molecule has 0 spiro atoms. The molecule has 0 saturated heterocycles. The second-order valence-corrected chi connectivity index (χ2v) is 5.29. The van der Waals surface area contributed by atoms with Gasteiger partial charge in [0.05, 0.1) is 17.1 Å². The van der Waals surface area contributed by atoms with Crippen molar-refractivity contribution < 1.29 is 0 Å². The molecule has 0 bridgehead atoms. The van der Waals surface area contributed by atoms with E-state index in [0.29, 0.717) is 0 Å². The van der Waals surface area contributed by atoms with Crippen molar-refractivity contribution >= 4 is 22.6 Å². The van der Waals surface area contributed by atoms with Crippen LogP contribution in [0.2, 0.25) is 5.02 Å². The zero-order valence-electron chi connectivity index (χ0n) is 11.3. The lowest BCUT2D eigenvalue weighted by Crippen LogP contribution is -2.29. The van der Waals surface area contributed by atoms with Gasteiger partial charge in [-0.3, -0.25) is 21.2 Å². The molecule has 4 nitrogen and oxygen atoms in total. The first kappa shape index (κ1) is 13.9. The maximum atomic E-state index is 6.03. The molecule has 0 aliphatic heterocycles. The summed E-state index contributed by atoms with van der Waals surface area (Å²) < 4.78 is 0. The lowest BCUT2D eigenvalue weighted by molar-refractivity contribution is 0.552. The third-order valence-electron chi connectivity index (χ3n) is 3.43. The third kappa shape index (κ3) is 3.19. The highest BCUT2D eigenvalue weighted by molar-refractivity contribution is 6.30. The van der Waals surface area contributed by atoms with Gasteiger partial charge in [0.1, 0.15) is 0 Å². The number of hydrogen-bond donors (Lipinski definition) is 2. The van der Waals surface area contributed by atoms with Crippen molar-refractivity contribution in [2.45, 2.75) is 12.5 Å². The highest BCUT2D eigenvalue weighted by Gasteiger charge is 2.12. The Morgan fingerprint density at radius 1 is 1.05 bits per heavy atom. The molecule has 0 aliphatic carbocycles. The molecule has 3 rings (SSSR count). The van der Waals surface area contributed by atoms with Gasteiger partial charge in [0.15, 0.2) is 0 Å². The monoisotopic (exact) mass is 298 g/mol. The Labute approximate surface area is 128 Å². The largest absolute Gasteiger partial charge is 0.271 e. The van der Waals surface area contributed by atoms with Gasteiger partial charge in [-0.15, -0.1) is 0 Å². The van der Waals surface area contributed by atoms with Crippen molar-refractivity contribution in [1.29, 1.82) is 0 Å². The van der Waals surface area contributed by atoms with Gasteiger partial charge in [-0.05, 0) is 41.8 Å². The van der Waals surface area contributed by atoms with Crippen molar-refractivity contribution in [3.63, 3.8) is 0 Å². The summed E-state index contributed by atoms with van der Waals surface area (Å²) in [7, 11) is 0. The van der Waals surface area contributed by atoms with Crippen LogP contribution in [0.15, 0.2) is 54.9 Å². The minimum atomic E-state index is -0.00475. The standard InChI is InChI=1S/C16H15ClN4/c17-13-3-1-2-11(8-13)9-15(21-18)12-4-5-14-16(10-12)20-7-6-19-14/h1-8,10,15,21H,9,18H2. The van der Waals surface area contributed by atoms with Gasteiger partial charge in [0.25, 0.3) is 0 Å². The number of halogens is 1. The summed E-state index contributed by atoms with van der Waals surface area (Å²) in [5.74, 6) is 5.72. The van der Waals surface area contributed by atoms with Crippen LogP contribution in [0.3, 0.4) is 0 Å². The van der Waals surface area contributed by atoms with Crippen LogP contribution in [0.4, 0.5) is 0 Å². The summed E-state index contributed by atoms with van der Waals surface area (Å²) in [6, 6.07) is 13.8. The van der Waals surface area contributed by atoms with Crippen LogP contribution >= 0.6 is 11.6 Å².